The molecule has 2 aromatic carbocycles. The maximum atomic E-state index is 13.0. The summed E-state index contributed by atoms with van der Waals surface area (Å²) < 4.78 is 22.8. The molecular weight excluding hydrogens is 456 g/mol. The van der Waals surface area contributed by atoms with Gasteiger partial charge < -0.3 is 18.6 Å². The summed E-state index contributed by atoms with van der Waals surface area (Å²) in [6.45, 7) is 2.91. The number of allylic oxidation sites excluding steroid dienone is 1. The zero-order chi connectivity index (χ0) is 24.9. The summed E-state index contributed by atoms with van der Waals surface area (Å²) in [5, 5.41) is 0. The van der Waals surface area contributed by atoms with Gasteiger partial charge in [-0.05, 0) is 48.4 Å². The number of furan rings is 1. The molecule has 0 fully saturated rings. The largest absolute Gasteiger partial charge is 0.494 e. The average molecular weight is 487 g/mol. The fourth-order valence-corrected chi connectivity index (χ4v) is 4.76. The highest BCUT2D eigenvalue weighted by molar-refractivity contribution is 6.15. The third-order valence-corrected chi connectivity index (χ3v) is 6.65. The third-order valence-electron chi connectivity index (χ3n) is 6.65. The molecular formula is C30H30O6. The van der Waals surface area contributed by atoms with Crippen LogP contribution in [-0.2, 0) is 4.79 Å². The SMILES string of the molecule is CCCCCCCCOc1ccc(C2CC(=O)Oc3ccc4c(c32)OC(=Cc2ccco2)C4=O)cc1. The molecule has 186 valence electrons. The standard InChI is InChI=1S/C30H30O6/c1-2-3-4-5-6-7-16-33-21-12-10-20(11-13-21)24-19-27(31)35-25-15-14-23-29(32)26(36-30(23)28(24)25)18-22-9-8-17-34-22/h8-15,17-18,24H,2-7,16,19H2,1H3. The molecule has 3 heterocycles. The lowest BCUT2D eigenvalue weighted by Crippen LogP contribution is -2.21. The normalized spacial score (nSPS) is 17.5. The number of ketones is 1. The van der Waals surface area contributed by atoms with E-state index >= 15 is 0 Å². The van der Waals surface area contributed by atoms with E-state index in [0.29, 0.717) is 35.0 Å². The summed E-state index contributed by atoms with van der Waals surface area (Å²) in [5.41, 5.74) is 2.10. The van der Waals surface area contributed by atoms with Crippen molar-refractivity contribution >= 4 is 17.8 Å². The number of hydrogen-bond donors (Lipinski definition) is 0. The number of ether oxygens (including phenoxy) is 3. The van der Waals surface area contributed by atoms with Crippen molar-refractivity contribution < 1.29 is 28.2 Å². The number of fused-ring (bicyclic) bond motifs is 3. The van der Waals surface area contributed by atoms with E-state index in [1.165, 1.54) is 38.4 Å². The zero-order valence-corrected chi connectivity index (χ0v) is 20.5. The first-order valence-corrected chi connectivity index (χ1v) is 12.7. The van der Waals surface area contributed by atoms with Gasteiger partial charge in [-0.3, -0.25) is 9.59 Å². The number of rotatable bonds is 10. The number of benzene rings is 2. The van der Waals surface area contributed by atoms with Crippen molar-refractivity contribution in [3.05, 3.63) is 83.0 Å². The van der Waals surface area contributed by atoms with Crippen LogP contribution in [0.15, 0.2) is 65.0 Å². The van der Waals surface area contributed by atoms with Crippen molar-refractivity contribution in [2.75, 3.05) is 6.61 Å². The van der Waals surface area contributed by atoms with Gasteiger partial charge in [0.05, 0.1) is 24.9 Å². The van der Waals surface area contributed by atoms with Crippen molar-refractivity contribution in [2.24, 2.45) is 0 Å². The molecule has 0 radical (unpaired) electrons. The van der Waals surface area contributed by atoms with Crippen molar-refractivity contribution in [2.45, 2.75) is 57.8 Å². The van der Waals surface area contributed by atoms with Crippen molar-refractivity contribution in [3.8, 4) is 17.2 Å². The highest BCUT2D eigenvalue weighted by Gasteiger charge is 2.38. The lowest BCUT2D eigenvalue weighted by Gasteiger charge is -2.26. The van der Waals surface area contributed by atoms with Crippen molar-refractivity contribution in [1.82, 2.24) is 0 Å². The first kappa shape index (κ1) is 23.9. The second kappa shape index (κ2) is 10.9. The Labute approximate surface area is 210 Å². The first-order chi connectivity index (χ1) is 17.6. The summed E-state index contributed by atoms with van der Waals surface area (Å²) in [6.07, 6.45) is 10.6. The van der Waals surface area contributed by atoms with E-state index in [2.05, 4.69) is 6.92 Å². The van der Waals surface area contributed by atoms with Gasteiger partial charge in [-0.2, -0.15) is 0 Å². The van der Waals surface area contributed by atoms with Crippen molar-refractivity contribution in [1.29, 1.82) is 0 Å². The van der Waals surface area contributed by atoms with Crippen LogP contribution in [0, 0.1) is 0 Å². The van der Waals surface area contributed by atoms with E-state index in [0.717, 1.165) is 17.7 Å². The highest BCUT2D eigenvalue weighted by Crippen LogP contribution is 2.49. The Morgan fingerprint density at radius 1 is 0.944 bits per heavy atom. The molecule has 1 aromatic heterocycles. The predicted octanol–water partition coefficient (Wildman–Crippen LogP) is 7.08. The number of hydrogen-bond acceptors (Lipinski definition) is 6. The Balaban J connectivity index is 1.33. The van der Waals surface area contributed by atoms with Gasteiger partial charge in [0.2, 0.25) is 5.78 Å². The first-order valence-electron chi connectivity index (χ1n) is 12.7. The Morgan fingerprint density at radius 2 is 1.75 bits per heavy atom. The maximum absolute atomic E-state index is 13.0. The fourth-order valence-electron chi connectivity index (χ4n) is 4.76. The summed E-state index contributed by atoms with van der Waals surface area (Å²) in [5.74, 6) is 1.55. The van der Waals surface area contributed by atoms with Crippen LogP contribution in [0.3, 0.4) is 0 Å². The van der Waals surface area contributed by atoms with Gasteiger partial charge in [0.1, 0.15) is 23.0 Å². The van der Waals surface area contributed by atoms with Gasteiger partial charge in [0, 0.05) is 17.6 Å². The van der Waals surface area contributed by atoms with Crippen LogP contribution in [0.4, 0.5) is 0 Å². The van der Waals surface area contributed by atoms with Gasteiger partial charge >= 0.3 is 5.97 Å². The molecule has 36 heavy (non-hydrogen) atoms. The molecule has 0 aliphatic carbocycles. The van der Waals surface area contributed by atoms with Gasteiger partial charge in [0.15, 0.2) is 5.76 Å². The minimum atomic E-state index is -0.313. The van der Waals surface area contributed by atoms with Crippen LogP contribution in [0.1, 0.15) is 85.0 Å². The molecule has 1 atom stereocenters. The second-order valence-electron chi connectivity index (χ2n) is 9.23. The molecule has 0 saturated carbocycles. The summed E-state index contributed by atoms with van der Waals surface area (Å²) >= 11 is 0. The van der Waals surface area contributed by atoms with Crippen LogP contribution in [0.25, 0.3) is 6.08 Å². The molecule has 2 aliphatic rings. The van der Waals surface area contributed by atoms with Crippen LogP contribution >= 0.6 is 0 Å². The van der Waals surface area contributed by atoms with Crippen LogP contribution in [0.2, 0.25) is 0 Å². The van der Waals surface area contributed by atoms with Gasteiger partial charge in [0.25, 0.3) is 0 Å². The monoisotopic (exact) mass is 486 g/mol. The average Bonchev–Trinajstić information content (AvgIpc) is 3.51. The molecule has 6 nitrogen and oxygen atoms in total. The van der Waals surface area contributed by atoms with Crippen LogP contribution < -0.4 is 14.2 Å². The highest BCUT2D eigenvalue weighted by atomic mass is 16.5. The van der Waals surface area contributed by atoms with E-state index in [4.69, 9.17) is 18.6 Å². The van der Waals surface area contributed by atoms with E-state index in [1.807, 2.05) is 24.3 Å². The Kier molecular flexibility index (Phi) is 7.21. The molecule has 6 heteroatoms. The molecule has 3 aromatic rings. The molecule has 2 aliphatic heterocycles. The quantitative estimate of drug-likeness (QED) is 0.132. The van der Waals surface area contributed by atoms with Crippen molar-refractivity contribution in [3.63, 3.8) is 0 Å². The van der Waals surface area contributed by atoms with E-state index in [-0.39, 0.29) is 29.9 Å². The number of Topliss-reactive ketones (excluding diaryl/α,β-unsaturated/α-hetero) is 1. The molecule has 0 saturated heterocycles. The third kappa shape index (κ3) is 5.08. The lowest BCUT2D eigenvalue weighted by molar-refractivity contribution is -0.135. The topological polar surface area (TPSA) is 75.0 Å². The fraction of sp³-hybridized carbons (Fsp3) is 0.333. The number of carbonyl (C=O) groups is 2. The Hall–Kier alpha value is -3.80. The molecule has 5 rings (SSSR count). The van der Waals surface area contributed by atoms with Crippen LogP contribution in [0.5, 0.6) is 17.2 Å². The Morgan fingerprint density at radius 3 is 2.53 bits per heavy atom. The minimum absolute atomic E-state index is 0.163. The number of unbranched alkanes of at least 4 members (excludes halogenated alkanes) is 5. The van der Waals surface area contributed by atoms with Gasteiger partial charge in [-0.1, -0.05) is 51.2 Å². The number of carbonyl (C=O) groups excluding carboxylic acids is 2. The van der Waals surface area contributed by atoms with E-state index < -0.39 is 0 Å². The molecule has 0 N–H and O–H groups in total. The van der Waals surface area contributed by atoms with E-state index in [1.54, 1.807) is 30.3 Å². The molecule has 0 bridgehead atoms. The maximum Gasteiger partial charge on any atom is 0.312 e. The zero-order valence-electron chi connectivity index (χ0n) is 20.5. The minimum Gasteiger partial charge on any atom is -0.494 e. The molecule has 0 amide bonds. The van der Waals surface area contributed by atoms with E-state index in [9.17, 15) is 9.59 Å². The lowest BCUT2D eigenvalue weighted by atomic mass is 9.84. The summed E-state index contributed by atoms with van der Waals surface area (Å²) in [7, 11) is 0. The smallest absolute Gasteiger partial charge is 0.312 e. The second-order valence-corrected chi connectivity index (χ2v) is 9.23. The summed E-state index contributed by atoms with van der Waals surface area (Å²) in [6, 6.07) is 14.6. The predicted molar refractivity (Wildman–Crippen MR) is 135 cm³/mol. The Bertz CT molecular complexity index is 1250. The molecule has 1 unspecified atom stereocenters. The van der Waals surface area contributed by atoms with Crippen LogP contribution in [-0.4, -0.2) is 18.4 Å². The van der Waals surface area contributed by atoms with Gasteiger partial charge in [-0.25, -0.2) is 0 Å². The molecule has 0 spiro atoms. The summed E-state index contributed by atoms with van der Waals surface area (Å²) in [4.78, 5) is 25.4. The van der Waals surface area contributed by atoms with Gasteiger partial charge in [-0.15, -0.1) is 0 Å². The number of esters is 1.